The molecule has 0 unspecified atom stereocenters. The molecular weight excluding hydrogens is 589 g/mol. The van der Waals surface area contributed by atoms with E-state index in [0.29, 0.717) is 0 Å². The average Bonchev–Trinajstić information content (AvgIpc) is 2.86. The first-order valence-electron chi connectivity index (χ1n) is 12.1. The van der Waals surface area contributed by atoms with Crippen molar-refractivity contribution >= 4 is 50.1 Å². The van der Waals surface area contributed by atoms with Gasteiger partial charge in [-0.25, -0.2) is 18.2 Å². The van der Waals surface area contributed by atoms with Crippen LogP contribution in [0.2, 0.25) is 5.02 Å². The van der Waals surface area contributed by atoms with Gasteiger partial charge in [-0.05, 0) is 69.7 Å². The molecule has 2 aromatic rings. The molecule has 1 N–H and O–H groups in total. The van der Waals surface area contributed by atoms with E-state index in [-0.39, 0.29) is 57.8 Å². The third-order valence-electron chi connectivity index (χ3n) is 5.97. The molecule has 40 heavy (non-hydrogen) atoms. The van der Waals surface area contributed by atoms with Crippen molar-refractivity contribution in [2.24, 2.45) is 4.99 Å². The maximum atomic E-state index is 14.0. The Hall–Kier alpha value is -2.95. The Labute approximate surface area is 240 Å². The smallest absolute Gasteiger partial charge is 0.417 e. The van der Waals surface area contributed by atoms with Crippen LogP contribution in [0.4, 0.5) is 23.7 Å². The molecule has 2 aromatic carbocycles. The highest BCUT2D eigenvalue weighted by Crippen LogP contribution is 2.44. The SMILES string of the molecule is CSC(=Nc1cc(Cl)c(-c2ccc(S(=O)(=O)C3CCN(C(=O)OC(C)(C)C)CC3)cc2)c(C(F)(F)F)c1)NC#N. The Bertz CT molecular complexity index is 1430. The number of nitrogens with zero attached hydrogens (tertiary/aromatic N) is 3. The van der Waals surface area contributed by atoms with Crippen LogP contribution in [0, 0.1) is 11.5 Å². The summed E-state index contributed by atoms with van der Waals surface area (Å²) in [4.78, 5) is 17.7. The number of thioether (sulfide) groups is 1. The van der Waals surface area contributed by atoms with Crippen LogP contribution in [0.3, 0.4) is 0 Å². The van der Waals surface area contributed by atoms with Crippen LogP contribution in [0.5, 0.6) is 0 Å². The zero-order valence-electron chi connectivity index (χ0n) is 22.2. The van der Waals surface area contributed by atoms with Gasteiger partial charge in [0.15, 0.2) is 21.2 Å². The van der Waals surface area contributed by atoms with Gasteiger partial charge in [0, 0.05) is 18.7 Å². The number of amidine groups is 1. The van der Waals surface area contributed by atoms with E-state index in [0.717, 1.165) is 17.8 Å². The molecule has 0 spiro atoms. The van der Waals surface area contributed by atoms with Gasteiger partial charge in [0.1, 0.15) is 5.60 Å². The van der Waals surface area contributed by atoms with Crippen molar-refractivity contribution in [2.75, 3.05) is 19.3 Å². The molecule has 0 atom stereocenters. The van der Waals surface area contributed by atoms with Gasteiger partial charge in [0.05, 0.1) is 26.4 Å². The number of sulfone groups is 1. The van der Waals surface area contributed by atoms with E-state index in [1.165, 1.54) is 35.2 Å². The number of hydrogen-bond acceptors (Lipinski definition) is 7. The van der Waals surface area contributed by atoms with Crippen LogP contribution in [0.25, 0.3) is 11.1 Å². The molecule has 0 radical (unpaired) electrons. The van der Waals surface area contributed by atoms with Crippen molar-refractivity contribution in [3.8, 4) is 17.3 Å². The van der Waals surface area contributed by atoms with Crippen LogP contribution in [-0.4, -0.2) is 54.8 Å². The van der Waals surface area contributed by atoms with E-state index in [2.05, 4.69) is 10.3 Å². The number of benzene rings is 2. The molecule has 1 aliphatic heterocycles. The lowest BCUT2D eigenvalue weighted by atomic mass is 9.98. The normalized spacial score (nSPS) is 15.5. The minimum Gasteiger partial charge on any atom is -0.444 e. The fourth-order valence-corrected chi connectivity index (χ4v) is 6.54. The maximum Gasteiger partial charge on any atom is 0.417 e. The van der Waals surface area contributed by atoms with Gasteiger partial charge >= 0.3 is 12.3 Å². The summed E-state index contributed by atoms with van der Waals surface area (Å²) in [6.45, 7) is 5.65. The zero-order chi connectivity index (χ0) is 29.9. The number of halogens is 4. The largest absolute Gasteiger partial charge is 0.444 e. The molecule has 14 heteroatoms. The fraction of sp³-hybridized carbons (Fsp3) is 0.423. The lowest BCUT2D eigenvalue weighted by Crippen LogP contribution is -2.44. The molecule has 0 saturated carbocycles. The number of nitriles is 1. The predicted octanol–water partition coefficient (Wildman–Crippen LogP) is 6.62. The van der Waals surface area contributed by atoms with Crippen molar-refractivity contribution in [2.45, 2.75) is 55.5 Å². The Balaban J connectivity index is 1.87. The van der Waals surface area contributed by atoms with E-state index in [1.807, 2.05) is 0 Å². The highest BCUT2D eigenvalue weighted by atomic mass is 35.5. The first-order valence-corrected chi connectivity index (χ1v) is 15.2. The minimum absolute atomic E-state index is 0.0370. The Morgan fingerprint density at radius 2 is 1.77 bits per heavy atom. The number of piperidine rings is 1. The number of rotatable bonds is 4. The lowest BCUT2D eigenvalue weighted by molar-refractivity contribution is -0.137. The van der Waals surface area contributed by atoms with Gasteiger partial charge in [0.25, 0.3) is 0 Å². The number of nitrogens with one attached hydrogen (secondary N) is 1. The first kappa shape index (κ1) is 31.6. The van der Waals surface area contributed by atoms with Gasteiger partial charge < -0.3 is 9.64 Å². The summed E-state index contributed by atoms with van der Waals surface area (Å²) in [5.41, 5.74) is -2.07. The number of hydrogen-bond donors (Lipinski definition) is 1. The van der Waals surface area contributed by atoms with Crippen molar-refractivity contribution in [3.05, 3.63) is 47.0 Å². The number of likely N-dealkylation sites (tertiary alicyclic amines) is 1. The fourth-order valence-electron chi connectivity index (χ4n) is 4.14. The van der Waals surface area contributed by atoms with Crippen LogP contribution >= 0.6 is 23.4 Å². The van der Waals surface area contributed by atoms with Crippen LogP contribution in [0.1, 0.15) is 39.2 Å². The highest BCUT2D eigenvalue weighted by Gasteiger charge is 2.37. The standard InChI is InChI=1S/C26H28ClF3N4O4S2/c1-25(2,3)38-24(35)34-11-9-19(10-12-34)40(36,37)18-7-5-16(6-8-18)22-20(26(28,29)30)13-17(14-21(22)27)33-23(39-4)32-15-31/h5-8,13-14,19H,9-12H2,1-4H3,(H,32,33). The van der Waals surface area contributed by atoms with E-state index in [1.54, 1.807) is 33.2 Å². The van der Waals surface area contributed by atoms with Crippen LogP contribution in [0.15, 0.2) is 46.3 Å². The molecule has 0 aromatic heterocycles. The summed E-state index contributed by atoms with van der Waals surface area (Å²) in [5.74, 6) is 0. The third kappa shape index (κ3) is 7.62. The average molecular weight is 617 g/mol. The quantitative estimate of drug-likeness (QED) is 0.178. The number of carbonyl (C=O) groups excluding carboxylic acids is 1. The summed E-state index contributed by atoms with van der Waals surface area (Å²) in [6, 6.07) is 7.15. The molecule has 1 heterocycles. The van der Waals surface area contributed by atoms with Gasteiger partial charge in [-0.3, -0.25) is 5.32 Å². The first-order chi connectivity index (χ1) is 18.6. The molecule has 1 amide bonds. The second kappa shape index (κ2) is 12.3. The van der Waals surface area contributed by atoms with Crippen molar-refractivity contribution in [1.29, 1.82) is 5.26 Å². The van der Waals surface area contributed by atoms with Gasteiger partial charge in [-0.1, -0.05) is 35.5 Å². The monoisotopic (exact) mass is 616 g/mol. The molecule has 0 bridgehead atoms. The zero-order valence-corrected chi connectivity index (χ0v) is 24.6. The van der Waals surface area contributed by atoms with E-state index >= 15 is 0 Å². The molecule has 8 nitrogen and oxygen atoms in total. The Kier molecular flexibility index (Phi) is 9.70. The van der Waals surface area contributed by atoms with Crippen molar-refractivity contribution in [1.82, 2.24) is 10.2 Å². The second-order valence-corrected chi connectivity index (χ2v) is 13.4. The van der Waals surface area contributed by atoms with Crippen LogP contribution in [-0.2, 0) is 20.8 Å². The number of amides is 1. The summed E-state index contributed by atoms with van der Waals surface area (Å²) >= 11 is 7.33. The Morgan fingerprint density at radius 1 is 1.18 bits per heavy atom. The summed E-state index contributed by atoms with van der Waals surface area (Å²) in [6.07, 6.45) is -1.63. The van der Waals surface area contributed by atoms with E-state index < -0.39 is 38.5 Å². The number of aliphatic imine (C=N–C) groups is 1. The molecular formula is C26H28ClF3N4O4S2. The van der Waals surface area contributed by atoms with Gasteiger partial charge in [0.2, 0.25) is 0 Å². The lowest BCUT2D eigenvalue weighted by Gasteiger charge is -2.33. The highest BCUT2D eigenvalue weighted by molar-refractivity contribution is 8.13. The predicted molar refractivity (Wildman–Crippen MR) is 149 cm³/mol. The number of carbonyl (C=O) groups is 1. The van der Waals surface area contributed by atoms with E-state index in [4.69, 9.17) is 21.6 Å². The summed E-state index contributed by atoms with van der Waals surface area (Å²) < 4.78 is 74.0. The third-order valence-corrected chi connectivity index (χ3v) is 9.13. The summed E-state index contributed by atoms with van der Waals surface area (Å²) in [5, 5.41) is 10.2. The topological polar surface area (TPSA) is 112 Å². The van der Waals surface area contributed by atoms with Gasteiger partial charge in [-0.15, -0.1) is 0 Å². The summed E-state index contributed by atoms with van der Waals surface area (Å²) in [7, 11) is -3.81. The van der Waals surface area contributed by atoms with Crippen molar-refractivity contribution < 1.29 is 31.1 Å². The minimum atomic E-state index is -4.79. The van der Waals surface area contributed by atoms with Gasteiger partial charge in [-0.2, -0.15) is 18.4 Å². The number of ether oxygens (including phenoxy) is 1. The molecule has 1 saturated heterocycles. The second-order valence-electron chi connectivity index (χ2n) is 9.94. The number of alkyl halides is 3. The molecule has 1 fully saturated rings. The van der Waals surface area contributed by atoms with Crippen LogP contribution < -0.4 is 5.32 Å². The van der Waals surface area contributed by atoms with Crippen molar-refractivity contribution in [3.63, 3.8) is 0 Å². The molecule has 216 valence electrons. The molecule has 3 rings (SSSR count). The Morgan fingerprint density at radius 3 is 2.27 bits per heavy atom. The maximum absolute atomic E-state index is 14.0. The van der Waals surface area contributed by atoms with E-state index in [9.17, 15) is 26.4 Å². The molecule has 1 aliphatic rings. The molecule has 0 aliphatic carbocycles.